The third-order valence-electron chi connectivity index (χ3n) is 9.93. The van der Waals surface area contributed by atoms with Crippen LogP contribution in [0, 0.1) is 28.6 Å². The monoisotopic (exact) mass is 477 g/mol. The second kappa shape index (κ2) is 8.41. The molecule has 0 saturated heterocycles. The van der Waals surface area contributed by atoms with E-state index in [0.717, 1.165) is 24.0 Å². The molecule has 4 aliphatic rings. The number of hydrogen-bond acceptors (Lipinski definition) is 7. The van der Waals surface area contributed by atoms with Crippen molar-refractivity contribution in [2.45, 2.75) is 109 Å². The molecule has 0 unspecified atom stereocenters. The fourth-order valence-corrected chi connectivity index (χ4v) is 7.82. The largest absolute Gasteiger partial charge is 0.411 e. The summed E-state index contributed by atoms with van der Waals surface area (Å²) in [5, 5.41) is 66.9. The van der Waals surface area contributed by atoms with Crippen LogP contribution in [-0.2, 0) is 0 Å². The summed E-state index contributed by atoms with van der Waals surface area (Å²) in [6.45, 7) is 9.43. The van der Waals surface area contributed by atoms with Gasteiger partial charge in [-0.05, 0) is 99.7 Å². The molecule has 34 heavy (non-hydrogen) atoms. The number of nitrogens with zero attached hydrogens (tertiary/aromatic N) is 1. The van der Waals surface area contributed by atoms with Crippen LogP contribution >= 0.6 is 0 Å². The van der Waals surface area contributed by atoms with E-state index in [-0.39, 0.29) is 28.6 Å². The number of rotatable bonds is 5. The highest BCUT2D eigenvalue weighted by Crippen LogP contribution is 2.65. The lowest BCUT2D eigenvalue weighted by Gasteiger charge is -2.57. The molecule has 4 rings (SSSR count). The second-order valence-electron chi connectivity index (χ2n) is 12.8. The molecular formula is C27H43NO6. The SMILES string of the molecule is CC(C)(O)CC[C@H](O)[C@](C)(O)[C@@H]1CC=C2C3=C/C(=N/O)[C@@H]4C[C@H](O)[C@H](O)C[C@]4(C)[C@H]3CC[C@@]21C. The third-order valence-corrected chi connectivity index (χ3v) is 9.93. The Hall–Kier alpha value is -1.25. The van der Waals surface area contributed by atoms with Crippen molar-refractivity contribution in [2.24, 2.45) is 33.7 Å². The Morgan fingerprint density at radius 2 is 1.79 bits per heavy atom. The normalized spacial score (nSPS) is 43.8. The van der Waals surface area contributed by atoms with Gasteiger partial charge in [-0.15, -0.1) is 0 Å². The summed E-state index contributed by atoms with van der Waals surface area (Å²) >= 11 is 0. The van der Waals surface area contributed by atoms with E-state index in [1.807, 2.05) is 6.08 Å². The first-order valence-electron chi connectivity index (χ1n) is 12.8. The van der Waals surface area contributed by atoms with Crippen molar-refractivity contribution in [3.63, 3.8) is 0 Å². The number of oxime groups is 1. The predicted molar refractivity (Wildman–Crippen MR) is 129 cm³/mol. The van der Waals surface area contributed by atoms with Crippen molar-refractivity contribution in [3.8, 4) is 0 Å². The standard InChI is InChI=1S/C27H43NO6/c1-24(2,32)10-9-23(31)27(5,33)22-7-6-16-15-12-19(28-34)18-13-20(29)21(30)14-26(18,4)17(15)8-11-25(16,22)3/h6,12,17-18,20-23,29-34H,7-11,13-14H2,1-5H3/b28-19-/t17-,18-,20-,21+,22+,23-,25-,26+,27+/m0/s1. The minimum atomic E-state index is -1.33. The van der Waals surface area contributed by atoms with Gasteiger partial charge in [0, 0.05) is 11.8 Å². The van der Waals surface area contributed by atoms with Crippen molar-refractivity contribution in [1.82, 2.24) is 0 Å². The van der Waals surface area contributed by atoms with Crippen LogP contribution in [0.15, 0.2) is 28.5 Å². The van der Waals surface area contributed by atoms with Gasteiger partial charge >= 0.3 is 0 Å². The maximum Gasteiger partial charge on any atom is 0.0916 e. The van der Waals surface area contributed by atoms with E-state index in [1.54, 1.807) is 20.8 Å². The zero-order chi connectivity index (χ0) is 25.3. The molecule has 0 radical (unpaired) electrons. The lowest BCUT2D eigenvalue weighted by Crippen LogP contribution is -2.56. The summed E-state index contributed by atoms with van der Waals surface area (Å²) in [6.07, 6.45) is 5.41. The van der Waals surface area contributed by atoms with Gasteiger partial charge in [0.2, 0.25) is 0 Å². The zero-order valence-electron chi connectivity index (χ0n) is 21.2. The van der Waals surface area contributed by atoms with Crippen LogP contribution in [0.5, 0.6) is 0 Å². The summed E-state index contributed by atoms with van der Waals surface area (Å²) < 4.78 is 0. The van der Waals surface area contributed by atoms with Crippen LogP contribution in [0.4, 0.5) is 0 Å². The van der Waals surface area contributed by atoms with Crippen LogP contribution in [0.1, 0.15) is 79.6 Å². The first-order valence-corrected chi connectivity index (χ1v) is 12.8. The molecule has 192 valence electrons. The minimum Gasteiger partial charge on any atom is -0.411 e. The summed E-state index contributed by atoms with van der Waals surface area (Å²) in [7, 11) is 0. The van der Waals surface area contributed by atoms with E-state index < -0.39 is 29.5 Å². The fourth-order valence-electron chi connectivity index (χ4n) is 7.82. The Kier molecular flexibility index (Phi) is 6.39. The van der Waals surface area contributed by atoms with Gasteiger partial charge in [0.25, 0.3) is 0 Å². The molecule has 2 fully saturated rings. The van der Waals surface area contributed by atoms with E-state index in [4.69, 9.17) is 0 Å². The molecule has 7 heteroatoms. The Morgan fingerprint density at radius 1 is 1.12 bits per heavy atom. The second-order valence-corrected chi connectivity index (χ2v) is 12.8. The highest BCUT2D eigenvalue weighted by atomic mass is 16.4. The zero-order valence-corrected chi connectivity index (χ0v) is 21.2. The van der Waals surface area contributed by atoms with Gasteiger partial charge in [-0.1, -0.05) is 25.1 Å². The molecule has 0 aromatic heterocycles. The van der Waals surface area contributed by atoms with Crippen molar-refractivity contribution in [2.75, 3.05) is 0 Å². The van der Waals surface area contributed by atoms with Crippen LogP contribution in [0.2, 0.25) is 0 Å². The van der Waals surface area contributed by atoms with E-state index in [0.29, 0.717) is 37.8 Å². The van der Waals surface area contributed by atoms with Crippen molar-refractivity contribution in [1.29, 1.82) is 0 Å². The summed E-state index contributed by atoms with van der Waals surface area (Å²) in [6, 6.07) is 0. The van der Waals surface area contributed by atoms with Crippen LogP contribution < -0.4 is 0 Å². The first-order chi connectivity index (χ1) is 15.6. The topological polar surface area (TPSA) is 134 Å². The number of aliphatic hydroxyl groups is 5. The molecule has 6 N–H and O–H groups in total. The van der Waals surface area contributed by atoms with Gasteiger partial charge < -0.3 is 30.7 Å². The van der Waals surface area contributed by atoms with Crippen LogP contribution in [0.25, 0.3) is 0 Å². The predicted octanol–water partition coefficient (Wildman–Crippen LogP) is 2.92. The quantitative estimate of drug-likeness (QED) is 0.266. The highest BCUT2D eigenvalue weighted by molar-refractivity contribution is 5.99. The molecule has 2 saturated carbocycles. The Morgan fingerprint density at radius 3 is 2.41 bits per heavy atom. The maximum atomic E-state index is 11.6. The van der Waals surface area contributed by atoms with Gasteiger partial charge in [0.05, 0.1) is 35.2 Å². The van der Waals surface area contributed by atoms with E-state index in [2.05, 4.69) is 25.1 Å². The van der Waals surface area contributed by atoms with Gasteiger partial charge in [0.1, 0.15) is 0 Å². The lowest BCUT2D eigenvalue weighted by molar-refractivity contribution is -0.134. The molecule has 0 aromatic rings. The average molecular weight is 478 g/mol. The molecule has 0 amide bonds. The molecule has 9 atom stereocenters. The van der Waals surface area contributed by atoms with E-state index in [9.17, 15) is 30.7 Å². The van der Waals surface area contributed by atoms with Crippen LogP contribution in [0.3, 0.4) is 0 Å². The third kappa shape index (κ3) is 3.97. The van der Waals surface area contributed by atoms with Gasteiger partial charge in [0.15, 0.2) is 0 Å². The summed E-state index contributed by atoms with van der Waals surface area (Å²) in [5.74, 6) is -0.153. The minimum absolute atomic E-state index is 0.126. The average Bonchev–Trinajstić information content (AvgIpc) is 3.10. The van der Waals surface area contributed by atoms with Gasteiger partial charge in [-0.2, -0.15) is 0 Å². The first kappa shape index (κ1) is 25.8. The summed E-state index contributed by atoms with van der Waals surface area (Å²) in [4.78, 5) is 0. The molecule has 0 spiro atoms. The van der Waals surface area contributed by atoms with E-state index in [1.165, 1.54) is 0 Å². The molecule has 0 aromatic carbocycles. The molecule has 7 nitrogen and oxygen atoms in total. The van der Waals surface area contributed by atoms with Crippen molar-refractivity contribution in [3.05, 3.63) is 23.3 Å². The smallest absolute Gasteiger partial charge is 0.0916 e. The van der Waals surface area contributed by atoms with Gasteiger partial charge in [-0.3, -0.25) is 0 Å². The van der Waals surface area contributed by atoms with E-state index >= 15 is 0 Å². The lowest BCUT2D eigenvalue weighted by atomic mass is 9.47. The number of hydrogen-bond donors (Lipinski definition) is 6. The number of allylic oxidation sites excluding steroid dienone is 4. The number of aliphatic hydroxyl groups excluding tert-OH is 3. The maximum absolute atomic E-state index is 11.6. The Bertz CT molecular complexity index is 901. The fraction of sp³-hybridized carbons (Fsp3) is 0.815. The molecule has 0 heterocycles. The van der Waals surface area contributed by atoms with Crippen LogP contribution in [-0.4, -0.2) is 66.0 Å². The molecule has 0 aliphatic heterocycles. The Balaban J connectivity index is 1.65. The number of fused-ring (bicyclic) bond motifs is 5. The molecular weight excluding hydrogens is 434 g/mol. The highest BCUT2D eigenvalue weighted by Gasteiger charge is 2.60. The molecule has 0 bridgehead atoms. The summed E-state index contributed by atoms with van der Waals surface area (Å²) in [5.41, 5.74) is -0.123. The van der Waals surface area contributed by atoms with Crippen molar-refractivity contribution < 1.29 is 30.7 Å². The van der Waals surface area contributed by atoms with Crippen molar-refractivity contribution >= 4 is 5.71 Å². The Labute approximate surface area is 202 Å². The molecule has 4 aliphatic carbocycles. The van der Waals surface area contributed by atoms with Gasteiger partial charge in [-0.25, -0.2) is 0 Å².